The van der Waals surface area contributed by atoms with Gasteiger partial charge in [0.2, 0.25) is 0 Å². The first-order chi connectivity index (χ1) is 14.0. The van der Waals surface area contributed by atoms with Gasteiger partial charge >= 0.3 is 5.97 Å². The standard InChI is InChI=1S/C24H25F2NO2/c1-2-16-3-5-17(6-4-16)7-8-18-9-12-21(23(26)13-18)24(28)29-20-11-10-19(15-27)22(25)14-20/h9-14,16-17H,2-8H2,1H3/t16-,17-. The molecule has 1 aliphatic rings. The van der Waals surface area contributed by atoms with Crippen molar-refractivity contribution in [2.24, 2.45) is 11.8 Å². The van der Waals surface area contributed by atoms with Gasteiger partial charge in [0.25, 0.3) is 0 Å². The zero-order chi connectivity index (χ0) is 20.8. The highest BCUT2D eigenvalue weighted by atomic mass is 19.1. The Hall–Kier alpha value is -2.74. The minimum atomic E-state index is -0.893. The second-order valence-corrected chi connectivity index (χ2v) is 7.79. The van der Waals surface area contributed by atoms with E-state index in [1.165, 1.54) is 56.4 Å². The molecular weight excluding hydrogens is 372 g/mol. The molecule has 0 spiro atoms. The Morgan fingerprint density at radius 3 is 2.41 bits per heavy atom. The fraction of sp³-hybridized carbons (Fsp3) is 0.417. The second kappa shape index (κ2) is 9.65. The summed E-state index contributed by atoms with van der Waals surface area (Å²) in [6.45, 7) is 2.25. The van der Waals surface area contributed by atoms with Crippen LogP contribution in [-0.4, -0.2) is 5.97 Å². The zero-order valence-electron chi connectivity index (χ0n) is 16.6. The molecule has 3 rings (SSSR count). The molecule has 3 nitrogen and oxygen atoms in total. The minimum Gasteiger partial charge on any atom is -0.423 e. The van der Waals surface area contributed by atoms with Gasteiger partial charge in [0, 0.05) is 6.07 Å². The van der Waals surface area contributed by atoms with Crippen molar-refractivity contribution in [2.75, 3.05) is 0 Å². The van der Waals surface area contributed by atoms with Gasteiger partial charge in [0.05, 0.1) is 11.1 Å². The van der Waals surface area contributed by atoms with Crippen LogP contribution in [0.15, 0.2) is 36.4 Å². The highest BCUT2D eigenvalue weighted by Gasteiger charge is 2.20. The van der Waals surface area contributed by atoms with Crippen molar-refractivity contribution in [1.82, 2.24) is 0 Å². The van der Waals surface area contributed by atoms with E-state index < -0.39 is 17.6 Å². The smallest absolute Gasteiger partial charge is 0.346 e. The molecule has 0 aromatic heterocycles. The maximum Gasteiger partial charge on any atom is 0.346 e. The van der Waals surface area contributed by atoms with E-state index in [4.69, 9.17) is 10.00 Å². The largest absolute Gasteiger partial charge is 0.423 e. The summed E-state index contributed by atoms with van der Waals surface area (Å²) in [7, 11) is 0. The molecule has 2 aromatic rings. The summed E-state index contributed by atoms with van der Waals surface area (Å²) >= 11 is 0. The molecule has 0 saturated heterocycles. The van der Waals surface area contributed by atoms with Crippen molar-refractivity contribution in [3.63, 3.8) is 0 Å². The predicted octanol–water partition coefficient (Wildman–Crippen LogP) is 6.20. The lowest BCUT2D eigenvalue weighted by molar-refractivity contribution is 0.0729. The highest BCUT2D eigenvalue weighted by molar-refractivity contribution is 5.91. The van der Waals surface area contributed by atoms with Gasteiger partial charge in [-0.3, -0.25) is 0 Å². The normalized spacial score (nSPS) is 18.8. The number of ether oxygens (including phenoxy) is 1. The predicted molar refractivity (Wildman–Crippen MR) is 107 cm³/mol. The van der Waals surface area contributed by atoms with Crippen LogP contribution in [0.2, 0.25) is 0 Å². The molecule has 1 fully saturated rings. The Morgan fingerprint density at radius 2 is 1.79 bits per heavy atom. The van der Waals surface area contributed by atoms with E-state index in [-0.39, 0.29) is 16.9 Å². The number of carbonyl (C=O) groups excluding carboxylic acids is 1. The Kier molecular flexibility index (Phi) is 6.98. The Labute approximate surface area is 170 Å². The van der Waals surface area contributed by atoms with Crippen LogP contribution in [0.4, 0.5) is 8.78 Å². The molecule has 152 valence electrons. The first-order valence-corrected chi connectivity index (χ1v) is 10.2. The van der Waals surface area contributed by atoms with E-state index in [2.05, 4.69) is 6.92 Å². The molecule has 0 radical (unpaired) electrons. The third-order valence-corrected chi connectivity index (χ3v) is 5.91. The number of aryl methyl sites for hydroxylation is 1. The van der Waals surface area contributed by atoms with E-state index in [1.54, 1.807) is 12.1 Å². The fourth-order valence-corrected chi connectivity index (χ4v) is 3.99. The first-order valence-electron chi connectivity index (χ1n) is 10.2. The molecular formula is C24H25F2NO2. The fourth-order valence-electron chi connectivity index (χ4n) is 3.99. The summed E-state index contributed by atoms with van der Waals surface area (Å²) in [5.41, 5.74) is 0.520. The van der Waals surface area contributed by atoms with Gasteiger partial charge in [-0.15, -0.1) is 0 Å². The van der Waals surface area contributed by atoms with Crippen molar-refractivity contribution >= 4 is 5.97 Å². The summed E-state index contributed by atoms with van der Waals surface area (Å²) in [6.07, 6.45) is 8.13. The Balaban J connectivity index is 1.58. The lowest BCUT2D eigenvalue weighted by Gasteiger charge is -2.27. The molecule has 29 heavy (non-hydrogen) atoms. The Morgan fingerprint density at radius 1 is 1.07 bits per heavy atom. The molecule has 2 aromatic carbocycles. The molecule has 0 bridgehead atoms. The van der Waals surface area contributed by atoms with Crippen LogP contribution in [0.3, 0.4) is 0 Å². The van der Waals surface area contributed by atoms with Crippen LogP contribution in [0.1, 0.15) is 66.9 Å². The lowest BCUT2D eigenvalue weighted by atomic mass is 9.78. The second-order valence-electron chi connectivity index (χ2n) is 7.79. The number of hydrogen-bond acceptors (Lipinski definition) is 3. The topological polar surface area (TPSA) is 50.1 Å². The summed E-state index contributed by atoms with van der Waals surface area (Å²) in [4.78, 5) is 12.2. The van der Waals surface area contributed by atoms with Gasteiger partial charge in [-0.2, -0.15) is 5.26 Å². The van der Waals surface area contributed by atoms with Crippen molar-refractivity contribution in [2.45, 2.75) is 51.9 Å². The number of carbonyl (C=O) groups is 1. The molecule has 1 saturated carbocycles. The molecule has 5 heteroatoms. The van der Waals surface area contributed by atoms with Crippen LogP contribution in [0.5, 0.6) is 5.75 Å². The summed E-state index contributed by atoms with van der Waals surface area (Å²) < 4.78 is 33.1. The highest BCUT2D eigenvalue weighted by Crippen LogP contribution is 2.33. The summed E-state index contributed by atoms with van der Waals surface area (Å²) in [6, 6.07) is 9.69. The SMILES string of the molecule is CC[C@H]1CC[C@H](CCc2ccc(C(=O)Oc3ccc(C#N)c(F)c3)c(F)c2)CC1. The number of esters is 1. The summed E-state index contributed by atoms with van der Waals surface area (Å²) in [5, 5.41) is 8.73. The number of nitrogens with zero attached hydrogens (tertiary/aromatic N) is 1. The van der Waals surface area contributed by atoms with Crippen LogP contribution >= 0.6 is 0 Å². The number of benzene rings is 2. The number of rotatable bonds is 6. The van der Waals surface area contributed by atoms with Gasteiger partial charge in [0.1, 0.15) is 23.5 Å². The van der Waals surface area contributed by atoms with Crippen LogP contribution in [0.25, 0.3) is 0 Å². The molecule has 0 heterocycles. The lowest BCUT2D eigenvalue weighted by Crippen LogP contribution is -2.15. The number of hydrogen-bond donors (Lipinski definition) is 0. The first kappa shape index (κ1) is 21.0. The van der Waals surface area contributed by atoms with E-state index in [0.717, 1.165) is 30.4 Å². The maximum atomic E-state index is 14.4. The molecule has 0 N–H and O–H groups in total. The van der Waals surface area contributed by atoms with E-state index >= 15 is 0 Å². The maximum absolute atomic E-state index is 14.4. The third-order valence-electron chi connectivity index (χ3n) is 5.91. The van der Waals surface area contributed by atoms with Gasteiger partial charge in [0.15, 0.2) is 0 Å². The van der Waals surface area contributed by atoms with E-state index in [9.17, 15) is 13.6 Å². The van der Waals surface area contributed by atoms with Crippen molar-refractivity contribution in [1.29, 1.82) is 5.26 Å². The molecule has 0 unspecified atom stereocenters. The molecule has 0 atom stereocenters. The molecule has 0 amide bonds. The minimum absolute atomic E-state index is 0.0716. The number of nitriles is 1. The quantitative estimate of drug-likeness (QED) is 0.430. The van der Waals surface area contributed by atoms with Crippen LogP contribution in [-0.2, 0) is 6.42 Å². The van der Waals surface area contributed by atoms with Gasteiger partial charge < -0.3 is 4.74 Å². The van der Waals surface area contributed by atoms with E-state index in [0.29, 0.717) is 5.92 Å². The van der Waals surface area contributed by atoms with Gasteiger partial charge in [-0.1, -0.05) is 45.1 Å². The third kappa shape index (κ3) is 5.41. The van der Waals surface area contributed by atoms with Crippen LogP contribution in [0, 0.1) is 34.8 Å². The molecule has 1 aliphatic carbocycles. The Bertz CT molecular complexity index is 912. The average molecular weight is 397 g/mol. The van der Waals surface area contributed by atoms with E-state index in [1.807, 2.05) is 0 Å². The monoisotopic (exact) mass is 397 g/mol. The van der Waals surface area contributed by atoms with Crippen molar-refractivity contribution in [3.05, 3.63) is 64.7 Å². The zero-order valence-corrected chi connectivity index (χ0v) is 16.6. The number of halogens is 2. The van der Waals surface area contributed by atoms with Gasteiger partial charge in [-0.25, -0.2) is 13.6 Å². The van der Waals surface area contributed by atoms with Crippen LogP contribution < -0.4 is 4.74 Å². The van der Waals surface area contributed by atoms with Crippen molar-refractivity contribution in [3.8, 4) is 11.8 Å². The average Bonchev–Trinajstić information content (AvgIpc) is 2.72. The van der Waals surface area contributed by atoms with Gasteiger partial charge in [-0.05, 0) is 54.5 Å². The molecule has 0 aliphatic heterocycles. The summed E-state index contributed by atoms with van der Waals surface area (Å²) in [5.74, 6) is -0.845. The van der Waals surface area contributed by atoms with Crippen molar-refractivity contribution < 1.29 is 18.3 Å².